The van der Waals surface area contributed by atoms with Gasteiger partial charge in [-0.1, -0.05) is 23.2 Å². The molecule has 0 saturated heterocycles. The van der Waals surface area contributed by atoms with E-state index in [0.29, 0.717) is 27.6 Å². The largest absolute Gasteiger partial charge is 0.454 e. The number of benzene rings is 1. The highest BCUT2D eigenvalue weighted by Gasteiger charge is 2.20. The molecule has 1 aromatic heterocycles. The highest BCUT2D eigenvalue weighted by Crippen LogP contribution is 2.36. The lowest BCUT2D eigenvalue weighted by Crippen LogP contribution is -2.15. The van der Waals surface area contributed by atoms with Crippen molar-refractivity contribution in [1.29, 1.82) is 0 Å². The number of rotatable bonds is 5. The Hall–Kier alpha value is -0.810. The van der Waals surface area contributed by atoms with Gasteiger partial charge in [0.1, 0.15) is 11.5 Å². The highest BCUT2D eigenvalue weighted by molar-refractivity contribution is 9.10. The minimum atomic E-state index is 0.493. The zero-order chi connectivity index (χ0) is 14.8. The van der Waals surface area contributed by atoms with Crippen LogP contribution in [0, 0.1) is 0 Å². The second-order valence-corrected chi connectivity index (χ2v) is 6.65. The molecule has 0 atom stereocenters. The quantitative estimate of drug-likeness (QED) is 0.716. The molecule has 1 heterocycles. The summed E-state index contributed by atoms with van der Waals surface area (Å²) in [7, 11) is 0. The lowest BCUT2D eigenvalue weighted by atomic mass is 10.2. The van der Waals surface area contributed by atoms with Crippen molar-refractivity contribution in [3.63, 3.8) is 0 Å². The monoisotopic (exact) mass is 386 g/mol. The van der Waals surface area contributed by atoms with Crippen LogP contribution in [0.1, 0.15) is 18.4 Å². The molecule has 1 aliphatic rings. The van der Waals surface area contributed by atoms with E-state index in [1.54, 1.807) is 18.3 Å². The van der Waals surface area contributed by atoms with Crippen LogP contribution < -0.4 is 10.1 Å². The first-order chi connectivity index (χ1) is 10.1. The Balaban J connectivity index is 1.74. The normalized spacial score (nSPS) is 14.2. The molecule has 1 N–H and O–H groups in total. The first-order valence-corrected chi connectivity index (χ1v) is 8.16. The number of ether oxygens (including phenoxy) is 1. The highest BCUT2D eigenvalue weighted by atomic mass is 79.9. The van der Waals surface area contributed by atoms with Crippen molar-refractivity contribution < 1.29 is 4.74 Å². The van der Waals surface area contributed by atoms with Crippen LogP contribution in [0.3, 0.4) is 0 Å². The average molecular weight is 388 g/mol. The molecule has 1 saturated carbocycles. The molecule has 1 aromatic carbocycles. The molecule has 0 aliphatic heterocycles. The standard InChI is InChI=1S/C15H13BrCl2N2O/c16-12-4-14(18)15(5-13(12)17)21-11-3-9(6-19-8-11)7-20-10-1-2-10/h3-6,8,10,20H,1-2,7H2. The fraction of sp³-hybridized carbons (Fsp3) is 0.267. The van der Waals surface area contributed by atoms with Gasteiger partial charge in [-0.05, 0) is 46.5 Å². The molecular formula is C15H13BrCl2N2O. The van der Waals surface area contributed by atoms with Gasteiger partial charge in [-0.2, -0.15) is 0 Å². The third-order valence-electron chi connectivity index (χ3n) is 3.14. The van der Waals surface area contributed by atoms with E-state index in [2.05, 4.69) is 26.2 Å². The summed E-state index contributed by atoms with van der Waals surface area (Å²) in [5.74, 6) is 1.16. The number of halogens is 3. The summed E-state index contributed by atoms with van der Waals surface area (Å²) >= 11 is 15.5. The molecule has 6 heteroatoms. The fourth-order valence-corrected chi connectivity index (χ4v) is 2.71. The first kappa shape index (κ1) is 15.1. The van der Waals surface area contributed by atoms with Crippen LogP contribution in [0.15, 0.2) is 35.1 Å². The van der Waals surface area contributed by atoms with E-state index in [1.807, 2.05) is 12.3 Å². The van der Waals surface area contributed by atoms with Crippen molar-refractivity contribution in [3.8, 4) is 11.5 Å². The summed E-state index contributed by atoms with van der Waals surface area (Å²) in [6.45, 7) is 0.795. The zero-order valence-electron chi connectivity index (χ0n) is 11.1. The molecule has 3 rings (SSSR count). The third kappa shape index (κ3) is 4.10. The Bertz CT molecular complexity index is 662. The van der Waals surface area contributed by atoms with Crippen LogP contribution >= 0.6 is 39.1 Å². The molecule has 1 aliphatic carbocycles. The molecule has 0 spiro atoms. The van der Waals surface area contributed by atoms with Gasteiger partial charge in [0.05, 0.1) is 16.2 Å². The molecule has 21 heavy (non-hydrogen) atoms. The van der Waals surface area contributed by atoms with Gasteiger partial charge >= 0.3 is 0 Å². The molecule has 0 unspecified atom stereocenters. The maximum Gasteiger partial charge on any atom is 0.147 e. The van der Waals surface area contributed by atoms with E-state index in [0.717, 1.165) is 16.6 Å². The summed E-state index contributed by atoms with van der Waals surface area (Å²) in [5, 5.41) is 4.49. The number of nitrogens with zero attached hydrogens (tertiary/aromatic N) is 1. The summed E-state index contributed by atoms with van der Waals surface area (Å²) < 4.78 is 6.52. The molecule has 3 nitrogen and oxygen atoms in total. The molecule has 2 aromatic rings. The Morgan fingerprint density at radius 3 is 2.76 bits per heavy atom. The maximum absolute atomic E-state index is 6.16. The Morgan fingerprint density at radius 2 is 2.00 bits per heavy atom. The number of aromatic nitrogens is 1. The SMILES string of the molecule is Clc1cc(Oc2cncc(CNC3CC3)c2)c(Cl)cc1Br. The lowest BCUT2D eigenvalue weighted by molar-refractivity contribution is 0.479. The molecule has 1 fully saturated rings. The van der Waals surface area contributed by atoms with Gasteiger partial charge in [-0.15, -0.1) is 0 Å². The van der Waals surface area contributed by atoms with Crippen LogP contribution in [0.25, 0.3) is 0 Å². The van der Waals surface area contributed by atoms with Crippen molar-refractivity contribution in [2.24, 2.45) is 0 Å². The van der Waals surface area contributed by atoms with Crippen molar-refractivity contribution >= 4 is 39.1 Å². The molecule has 0 amide bonds. The van der Waals surface area contributed by atoms with Crippen LogP contribution in [0.4, 0.5) is 0 Å². The number of hydrogen-bond acceptors (Lipinski definition) is 3. The second kappa shape index (κ2) is 6.53. The van der Waals surface area contributed by atoms with Crippen LogP contribution in [-0.4, -0.2) is 11.0 Å². The summed E-state index contributed by atoms with van der Waals surface area (Å²) in [6.07, 6.45) is 6.01. The van der Waals surface area contributed by atoms with E-state index in [9.17, 15) is 0 Å². The molecular weight excluding hydrogens is 375 g/mol. The van der Waals surface area contributed by atoms with Crippen molar-refractivity contribution in [2.45, 2.75) is 25.4 Å². The van der Waals surface area contributed by atoms with Gasteiger partial charge in [-0.3, -0.25) is 4.98 Å². The van der Waals surface area contributed by atoms with Gasteiger partial charge < -0.3 is 10.1 Å². The van der Waals surface area contributed by atoms with Gasteiger partial charge in [0.2, 0.25) is 0 Å². The first-order valence-electron chi connectivity index (χ1n) is 6.61. The predicted molar refractivity (Wildman–Crippen MR) is 88.3 cm³/mol. The Morgan fingerprint density at radius 1 is 1.19 bits per heavy atom. The van der Waals surface area contributed by atoms with Gasteiger partial charge in [0.25, 0.3) is 0 Å². The van der Waals surface area contributed by atoms with Crippen LogP contribution in [0.5, 0.6) is 11.5 Å². The lowest BCUT2D eigenvalue weighted by Gasteiger charge is -2.10. The summed E-state index contributed by atoms with van der Waals surface area (Å²) in [6, 6.07) is 6.01. The minimum Gasteiger partial charge on any atom is -0.454 e. The van der Waals surface area contributed by atoms with Crippen molar-refractivity contribution in [3.05, 3.63) is 50.7 Å². The van der Waals surface area contributed by atoms with E-state index in [4.69, 9.17) is 27.9 Å². The maximum atomic E-state index is 6.16. The van der Waals surface area contributed by atoms with Crippen LogP contribution in [0.2, 0.25) is 10.0 Å². The van der Waals surface area contributed by atoms with Crippen LogP contribution in [-0.2, 0) is 6.54 Å². The van der Waals surface area contributed by atoms with Gasteiger partial charge in [-0.25, -0.2) is 0 Å². The van der Waals surface area contributed by atoms with E-state index in [1.165, 1.54) is 12.8 Å². The zero-order valence-corrected chi connectivity index (χ0v) is 14.2. The smallest absolute Gasteiger partial charge is 0.147 e. The molecule has 0 radical (unpaired) electrons. The number of pyridine rings is 1. The average Bonchev–Trinajstić information content (AvgIpc) is 3.27. The van der Waals surface area contributed by atoms with Crippen molar-refractivity contribution in [2.75, 3.05) is 0 Å². The van der Waals surface area contributed by atoms with Crippen molar-refractivity contribution in [1.82, 2.24) is 10.3 Å². The van der Waals surface area contributed by atoms with Gasteiger partial charge in [0.15, 0.2) is 0 Å². The summed E-state index contributed by atoms with van der Waals surface area (Å²) in [5.41, 5.74) is 1.08. The molecule has 0 bridgehead atoms. The number of nitrogens with one attached hydrogen (secondary N) is 1. The predicted octanol–water partition coefficient (Wildman–Crippen LogP) is 5.20. The third-order valence-corrected chi connectivity index (χ3v) is 4.64. The number of hydrogen-bond donors (Lipinski definition) is 1. The Labute approximate surface area is 141 Å². The second-order valence-electron chi connectivity index (χ2n) is 4.98. The topological polar surface area (TPSA) is 34.1 Å². The van der Waals surface area contributed by atoms with E-state index < -0.39 is 0 Å². The van der Waals surface area contributed by atoms with E-state index in [-0.39, 0.29) is 0 Å². The summed E-state index contributed by atoms with van der Waals surface area (Å²) in [4.78, 5) is 4.20. The minimum absolute atomic E-state index is 0.493. The molecule has 110 valence electrons. The fourth-order valence-electron chi connectivity index (χ4n) is 1.88. The van der Waals surface area contributed by atoms with Gasteiger partial charge in [0, 0.05) is 29.3 Å². The Kier molecular flexibility index (Phi) is 4.69. The van der Waals surface area contributed by atoms with E-state index >= 15 is 0 Å².